The highest BCUT2D eigenvalue weighted by Gasteiger charge is 2.50. The van der Waals surface area contributed by atoms with Crippen molar-refractivity contribution >= 4 is 0 Å². The maximum Gasteiger partial charge on any atom is 0.0681 e. The summed E-state index contributed by atoms with van der Waals surface area (Å²) < 4.78 is 6.08. The van der Waals surface area contributed by atoms with Crippen molar-refractivity contribution < 1.29 is 9.84 Å². The predicted molar refractivity (Wildman–Crippen MR) is 72.1 cm³/mol. The first-order chi connectivity index (χ1) is 8.04. The Morgan fingerprint density at radius 2 is 2.00 bits per heavy atom. The lowest BCUT2D eigenvalue weighted by Crippen LogP contribution is -2.56. The van der Waals surface area contributed by atoms with Crippen LogP contribution >= 0.6 is 0 Å². The summed E-state index contributed by atoms with van der Waals surface area (Å²) in [5.74, 6) is 0. The zero-order valence-electron chi connectivity index (χ0n) is 12.0. The number of ether oxygens (including phenoxy) is 1. The molecule has 0 bridgehead atoms. The van der Waals surface area contributed by atoms with E-state index < -0.39 is 0 Å². The van der Waals surface area contributed by atoms with Crippen molar-refractivity contribution in [2.24, 2.45) is 5.41 Å². The fourth-order valence-electron chi connectivity index (χ4n) is 2.68. The van der Waals surface area contributed by atoms with Gasteiger partial charge in [-0.05, 0) is 19.8 Å². The van der Waals surface area contributed by atoms with E-state index in [0.717, 1.165) is 19.3 Å². The Kier molecular flexibility index (Phi) is 5.94. The molecule has 17 heavy (non-hydrogen) atoms. The summed E-state index contributed by atoms with van der Waals surface area (Å²) in [7, 11) is 0. The zero-order valence-corrected chi connectivity index (χ0v) is 12.0. The van der Waals surface area contributed by atoms with Crippen LogP contribution in [0.2, 0.25) is 0 Å². The van der Waals surface area contributed by atoms with Gasteiger partial charge in [-0.3, -0.25) is 0 Å². The number of hydrogen-bond acceptors (Lipinski definition) is 2. The van der Waals surface area contributed by atoms with E-state index in [1.807, 2.05) is 0 Å². The molecule has 1 rings (SSSR count). The van der Waals surface area contributed by atoms with Crippen LogP contribution in [0.1, 0.15) is 72.6 Å². The minimum Gasteiger partial charge on any atom is -0.392 e. The van der Waals surface area contributed by atoms with Gasteiger partial charge >= 0.3 is 0 Å². The average Bonchev–Trinajstić information content (AvgIpc) is 2.33. The first kappa shape index (κ1) is 15.0. The molecule has 0 heterocycles. The molecular weight excluding hydrogens is 212 g/mol. The van der Waals surface area contributed by atoms with Crippen molar-refractivity contribution in [1.82, 2.24) is 0 Å². The fourth-order valence-corrected chi connectivity index (χ4v) is 2.68. The van der Waals surface area contributed by atoms with E-state index in [0.29, 0.717) is 6.10 Å². The van der Waals surface area contributed by atoms with Crippen LogP contribution in [0.25, 0.3) is 0 Å². The van der Waals surface area contributed by atoms with Gasteiger partial charge in [-0.15, -0.1) is 0 Å². The topological polar surface area (TPSA) is 29.5 Å². The van der Waals surface area contributed by atoms with Crippen LogP contribution in [0.4, 0.5) is 0 Å². The van der Waals surface area contributed by atoms with Crippen LogP contribution in [0.5, 0.6) is 0 Å². The lowest BCUT2D eigenvalue weighted by atomic mass is 9.63. The van der Waals surface area contributed by atoms with Crippen molar-refractivity contribution in [3.8, 4) is 0 Å². The maximum atomic E-state index is 9.82. The first-order valence-electron chi connectivity index (χ1n) is 7.38. The maximum absolute atomic E-state index is 9.82. The Morgan fingerprint density at radius 1 is 1.29 bits per heavy atom. The molecule has 4 atom stereocenters. The fraction of sp³-hybridized carbons (Fsp3) is 1.00. The second kappa shape index (κ2) is 6.75. The molecule has 0 radical (unpaired) electrons. The molecule has 2 nitrogen and oxygen atoms in total. The molecule has 0 aromatic heterocycles. The van der Waals surface area contributed by atoms with Crippen LogP contribution < -0.4 is 0 Å². The van der Waals surface area contributed by atoms with E-state index in [1.54, 1.807) is 0 Å². The highest BCUT2D eigenvalue weighted by atomic mass is 16.5. The van der Waals surface area contributed by atoms with Gasteiger partial charge in [0.25, 0.3) is 0 Å². The summed E-state index contributed by atoms with van der Waals surface area (Å²) in [5, 5.41) is 9.82. The van der Waals surface area contributed by atoms with E-state index in [4.69, 9.17) is 4.74 Å². The Bertz CT molecular complexity index is 217. The molecule has 4 unspecified atom stereocenters. The Morgan fingerprint density at radius 3 is 2.53 bits per heavy atom. The van der Waals surface area contributed by atoms with Crippen molar-refractivity contribution in [1.29, 1.82) is 0 Å². The Labute approximate surface area is 107 Å². The molecule has 2 heteroatoms. The van der Waals surface area contributed by atoms with E-state index >= 15 is 0 Å². The van der Waals surface area contributed by atoms with Gasteiger partial charge in [0.05, 0.1) is 18.3 Å². The molecule has 1 aliphatic carbocycles. The van der Waals surface area contributed by atoms with Crippen LogP contribution in [-0.2, 0) is 4.74 Å². The van der Waals surface area contributed by atoms with Crippen LogP contribution in [0, 0.1) is 5.41 Å². The van der Waals surface area contributed by atoms with Gasteiger partial charge < -0.3 is 9.84 Å². The van der Waals surface area contributed by atoms with E-state index in [-0.39, 0.29) is 17.6 Å². The number of rotatable bonds is 8. The van der Waals surface area contributed by atoms with Gasteiger partial charge in [-0.2, -0.15) is 0 Å². The Balaban J connectivity index is 2.21. The summed E-state index contributed by atoms with van der Waals surface area (Å²) in [5.41, 5.74) is -0.00230. The van der Waals surface area contributed by atoms with Crippen molar-refractivity contribution in [2.45, 2.75) is 91.0 Å². The molecule has 0 aromatic rings. The summed E-state index contributed by atoms with van der Waals surface area (Å²) in [6.45, 7) is 8.70. The molecule has 1 N–H and O–H groups in total. The molecule has 102 valence electrons. The monoisotopic (exact) mass is 242 g/mol. The third kappa shape index (κ3) is 3.69. The molecule has 1 saturated carbocycles. The van der Waals surface area contributed by atoms with E-state index in [9.17, 15) is 5.11 Å². The molecule has 0 aliphatic heterocycles. The Hall–Kier alpha value is -0.0800. The molecule has 1 fully saturated rings. The van der Waals surface area contributed by atoms with Gasteiger partial charge in [-0.1, -0.05) is 46.5 Å². The summed E-state index contributed by atoms with van der Waals surface area (Å²) in [4.78, 5) is 0. The van der Waals surface area contributed by atoms with Crippen molar-refractivity contribution in [3.63, 3.8) is 0 Å². The van der Waals surface area contributed by atoms with E-state index in [2.05, 4.69) is 27.7 Å². The van der Waals surface area contributed by atoms with E-state index in [1.165, 1.54) is 25.7 Å². The van der Waals surface area contributed by atoms with Crippen molar-refractivity contribution in [2.75, 3.05) is 0 Å². The molecular formula is C15H30O2. The standard InChI is InChI=1S/C15H30O2/c1-5-7-8-9-10-12(3)17-14-11-13(16)15(14,4)6-2/h12-14,16H,5-11H2,1-4H3. The molecule has 0 saturated heterocycles. The van der Waals surface area contributed by atoms with Gasteiger partial charge in [-0.25, -0.2) is 0 Å². The van der Waals surface area contributed by atoms with Crippen LogP contribution in [0.15, 0.2) is 0 Å². The van der Waals surface area contributed by atoms with Gasteiger partial charge in [0.15, 0.2) is 0 Å². The quantitative estimate of drug-likeness (QED) is 0.654. The largest absolute Gasteiger partial charge is 0.392 e. The SMILES string of the molecule is CCCCCCC(C)OC1CC(O)C1(C)CC. The lowest BCUT2D eigenvalue weighted by molar-refractivity contribution is -0.202. The third-order valence-corrected chi connectivity index (χ3v) is 4.56. The average molecular weight is 242 g/mol. The first-order valence-corrected chi connectivity index (χ1v) is 7.38. The minimum atomic E-state index is -0.162. The molecule has 0 aromatic carbocycles. The third-order valence-electron chi connectivity index (χ3n) is 4.56. The summed E-state index contributed by atoms with van der Waals surface area (Å²) >= 11 is 0. The molecule has 1 aliphatic rings. The smallest absolute Gasteiger partial charge is 0.0681 e. The number of aliphatic hydroxyl groups is 1. The lowest BCUT2D eigenvalue weighted by Gasteiger charge is -2.51. The molecule has 0 spiro atoms. The van der Waals surface area contributed by atoms with Gasteiger partial charge in [0.1, 0.15) is 0 Å². The van der Waals surface area contributed by atoms with Gasteiger partial charge in [0.2, 0.25) is 0 Å². The molecule has 0 amide bonds. The van der Waals surface area contributed by atoms with Gasteiger partial charge in [0, 0.05) is 11.8 Å². The second-order valence-electron chi connectivity index (χ2n) is 5.90. The highest BCUT2D eigenvalue weighted by molar-refractivity contribution is 5.00. The van der Waals surface area contributed by atoms with Crippen molar-refractivity contribution in [3.05, 3.63) is 0 Å². The minimum absolute atomic E-state index is 0.00230. The summed E-state index contributed by atoms with van der Waals surface area (Å²) in [6, 6.07) is 0. The number of unbranched alkanes of at least 4 members (excludes halogenated alkanes) is 3. The second-order valence-corrected chi connectivity index (χ2v) is 5.90. The normalized spacial score (nSPS) is 34.4. The number of aliphatic hydroxyl groups excluding tert-OH is 1. The zero-order chi connectivity index (χ0) is 12.9. The van der Waals surface area contributed by atoms with Crippen LogP contribution in [0.3, 0.4) is 0 Å². The highest BCUT2D eigenvalue weighted by Crippen LogP contribution is 2.46. The van der Waals surface area contributed by atoms with Crippen LogP contribution in [-0.4, -0.2) is 23.4 Å². The number of hydrogen-bond donors (Lipinski definition) is 1. The predicted octanol–water partition coefficient (Wildman–Crippen LogP) is 3.91. The summed E-state index contributed by atoms with van der Waals surface area (Å²) in [6.07, 6.45) is 8.65.